The number of furan rings is 1. The van der Waals surface area contributed by atoms with Crippen LogP contribution in [-0.4, -0.2) is 12.6 Å². The zero-order chi connectivity index (χ0) is 9.03. The summed E-state index contributed by atoms with van der Waals surface area (Å²) in [5.41, 5.74) is -0.763. The highest BCUT2D eigenvalue weighted by atomic mass is 32.2. The minimum atomic E-state index is -4.66. The molecule has 0 aromatic carbocycles. The van der Waals surface area contributed by atoms with Crippen LogP contribution in [0.1, 0.15) is 5.76 Å². The molecule has 0 saturated carbocycles. The van der Waals surface area contributed by atoms with Crippen LogP contribution < -0.4 is 0 Å². The summed E-state index contributed by atoms with van der Waals surface area (Å²) in [6, 6.07) is 3.32. The van der Waals surface area contributed by atoms with Crippen molar-refractivity contribution in [1.82, 2.24) is 0 Å². The lowest BCUT2D eigenvalue weighted by Gasteiger charge is -2.11. The van der Waals surface area contributed by atoms with Crippen molar-refractivity contribution in [2.24, 2.45) is 0 Å². The molecular weight excluding hydrogens is 188 g/mol. The minimum Gasteiger partial charge on any atom is -0.468 e. The van der Waals surface area contributed by atoms with E-state index in [1.807, 2.05) is 0 Å². The molecule has 1 aromatic heterocycles. The van der Waals surface area contributed by atoms with Crippen molar-refractivity contribution in [1.29, 1.82) is 0 Å². The number of hydrogen-bond acceptors (Lipinski definition) is 2. The molecule has 12 heavy (non-hydrogen) atoms. The standard InChI is InChI=1S/C6H7BF3OS/c8-7(9,10)5-12-4-6-2-1-3-11-6/h1-3H,4-5H2/q-1. The van der Waals surface area contributed by atoms with Gasteiger partial charge in [-0.3, -0.25) is 0 Å². The molecule has 1 aromatic rings. The summed E-state index contributed by atoms with van der Waals surface area (Å²) in [6.07, 6.45) is 1.45. The van der Waals surface area contributed by atoms with Gasteiger partial charge in [0, 0.05) is 5.75 Å². The second kappa shape index (κ2) is 3.93. The Hall–Kier alpha value is -0.515. The first kappa shape index (κ1) is 9.57. The summed E-state index contributed by atoms with van der Waals surface area (Å²) in [6.45, 7) is -4.66. The summed E-state index contributed by atoms with van der Waals surface area (Å²) in [5, 5.41) is 0. The number of thioether (sulfide) groups is 1. The van der Waals surface area contributed by atoms with Gasteiger partial charge < -0.3 is 17.4 Å². The third-order valence-electron chi connectivity index (χ3n) is 1.13. The molecule has 0 radical (unpaired) electrons. The Morgan fingerprint density at radius 3 is 2.67 bits per heavy atom. The maximum Gasteiger partial charge on any atom is 0.488 e. The van der Waals surface area contributed by atoms with Gasteiger partial charge >= 0.3 is 6.98 Å². The monoisotopic (exact) mass is 195 g/mol. The van der Waals surface area contributed by atoms with Crippen LogP contribution in [0.2, 0.25) is 0 Å². The van der Waals surface area contributed by atoms with Crippen LogP contribution in [0.25, 0.3) is 0 Å². The molecule has 0 aliphatic rings. The fourth-order valence-corrected chi connectivity index (χ4v) is 1.44. The average Bonchev–Trinajstić information content (AvgIpc) is 2.36. The van der Waals surface area contributed by atoms with Gasteiger partial charge in [-0.05, 0) is 17.8 Å². The van der Waals surface area contributed by atoms with E-state index < -0.39 is 12.6 Å². The smallest absolute Gasteiger partial charge is 0.468 e. The van der Waals surface area contributed by atoms with E-state index in [-0.39, 0.29) is 5.75 Å². The normalized spacial score (nSPS) is 11.9. The Morgan fingerprint density at radius 1 is 1.42 bits per heavy atom. The van der Waals surface area contributed by atoms with Gasteiger partial charge in [0.15, 0.2) is 0 Å². The molecule has 0 aliphatic carbocycles. The van der Waals surface area contributed by atoms with Crippen molar-refractivity contribution in [3.8, 4) is 0 Å². The Labute approximate surface area is 72.4 Å². The molecule has 0 saturated heterocycles. The highest BCUT2D eigenvalue weighted by molar-refractivity contribution is 7.99. The lowest BCUT2D eigenvalue weighted by atomic mass is 9.98. The van der Waals surface area contributed by atoms with Crippen molar-refractivity contribution in [3.63, 3.8) is 0 Å². The molecule has 6 heteroatoms. The van der Waals surface area contributed by atoms with Crippen LogP contribution in [-0.2, 0) is 5.75 Å². The molecule has 1 nitrogen and oxygen atoms in total. The van der Waals surface area contributed by atoms with E-state index in [0.717, 1.165) is 11.8 Å². The second-order valence-electron chi connectivity index (χ2n) is 2.30. The van der Waals surface area contributed by atoms with Crippen LogP contribution >= 0.6 is 11.8 Å². The van der Waals surface area contributed by atoms with Crippen molar-refractivity contribution in [2.45, 2.75) is 5.75 Å². The fraction of sp³-hybridized carbons (Fsp3) is 0.333. The lowest BCUT2D eigenvalue weighted by molar-refractivity contribution is 0.485. The first-order chi connectivity index (χ1) is 5.58. The van der Waals surface area contributed by atoms with E-state index in [1.54, 1.807) is 12.1 Å². The van der Waals surface area contributed by atoms with Gasteiger partial charge in [-0.2, -0.15) is 11.8 Å². The van der Waals surface area contributed by atoms with Crippen molar-refractivity contribution < 1.29 is 17.4 Å². The summed E-state index contributed by atoms with van der Waals surface area (Å²) < 4.78 is 40.0. The highest BCUT2D eigenvalue weighted by Crippen LogP contribution is 2.19. The predicted octanol–water partition coefficient (Wildman–Crippen LogP) is 2.90. The third kappa shape index (κ3) is 3.76. The van der Waals surface area contributed by atoms with E-state index in [9.17, 15) is 12.9 Å². The average molecular weight is 195 g/mol. The zero-order valence-corrected chi connectivity index (χ0v) is 6.99. The van der Waals surface area contributed by atoms with Gasteiger partial charge in [0.25, 0.3) is 0 Å². The first-order valence-electron chi connectivity index (χ1n) is 3.39. The Bertz CT molecular complexity index is 221. The van der Waals surface area contributed by atoms with Crippen LogP contribution in [0.3, 0.4) is 0 Å². The third-order valence-corrected chi connectivity index (χ3v) is 2.23. The second-order valence-corrected chi connectivity index (χ2v) is 3.34. The van der Waals surface area contributed by atoms with Crippen LogP contribution in [0, 0.1) is 0 Å². The van der Waals surface area contributed by atoms with Crippen molar-refractivity contribution in [2.75, 3.05) is 5.65 Å². The highest BCUT2D eigenvalue weighted by Gasteiger charge is 2.22. The number of rotatable bonds is 4. The van der Waals surface area contributed by atoms with Gasteiger partial charge in [0.1, 0.15) is 5.76 Å². The van der Waals surface area contributed by atoms with Crippen LogP contribution in [0.4, 0.5) is 12.9 Å². The largest absolute Gasteiger partial charge is 0.488 e. The van der Waals surface area contributed by atoms with Crippen molar-refractivity contribution >= 4 is 18.7 Å². The summed E-state index contributed by atoms with van der Waals surface area (Å²) in [4.78, 5) is 0. The van der Waals surface area contributed by atoms with E-state index in [2.05, 4.69) is 0 Å². The number of halogens is 3. The van der Waals surface area contributed by atoms with E-state index in [0.29, 0.717) is 5.76 Å². The molecule has 68 valence electrons. The maximum absolute atomic E-state index is 11.7. The van der Waals surface area contributed by atoms with Gasteiger partial charge in [0.05, 0.1) is 6.26 Å². The van der Waals surface area contributed by atoms with Gasteiger partial charge in [0.2, 0.25) is 0 Å². The van der Waals surface area contributed by atoms with Crippen molar-refractivity contribution in [3.05, 3.63) is 24.2 Å². The zero-order valence-electron chi connectivity index (χ0n) is 6.17. The molecule has 1 heterocycles. The molecule has 0 spiro atoms. The fourth-order valence-electron chi connectivity index (χ4n) is 0.688. The lowest BCUT2D eigenvalue weighted by Crippen LogP contribution is -2.19. The topological polar surface area (TPSA) is 13.1 Å². The maximum atomic E-state index is 11.7. The molecule has 1 rings (SSSR count). The Morgan fingerprint density at radius 2 is 2.17 bits per heavy atom. The van der Waals surface area contributed by atoms with Gasteiger partial charge in [-0.25, -0.2) is 0 Å². The molecular formula is C6H7BF3OS-. The Balaban J connectivity index is 2.20. The molecule has 0 bridgehead atoms. The van der Waals surface area contributed by atoms with E-state index in [4.69, 9.17) is 4.42 Å². The minimum absolute atomic E-state index is 0.286. The van der Waals surface area contributed by atoms with Gasteiger partial charge in [-0.15, -0.1) is 0 Å². The predicted molar refractivity (Wildman–Crippen MR) is 43.9 cm³/mol. The molecule has 0 unspecified atom stereocenters. The first-order valence-corrected chi connectivity index (χ1v) is 4.54. The van der Waals surface area contributed by atoms with E-state index in [1.165, 1.54) is 6.26 Å². The quantitative estimate of drug-likeness (QED) is 0.685. The van der Waals surface area contributed by atoms with E-state index >= 15 is 0 Å². The summed E-state index contributed by atoms with van der Waals surface area (Å²) in [5.74, 6) is 0.869. The molecule has 0 aliphatic heterocycles. The molecule has 0 fully saturated rings. The summed E-state index contributed by atoms with van der Waals surface area (Å²) in [7, 11) is 0. The molecule has 0 N–H and O–H groups in total. The van der Waals surface area contributed by atoms with Crippen LogP contribution in [0.5, 0.6) is 0 Å². The van der Waals surface area contributed by atoms with Crippen LogP contribution in [0.15, 0.2) is 22.8 Å². The summed E-state index contributed by atoms with van der Waals surface area (Å²) >= 11 is 0.827. The molecule has 0 atom stereocenters. The SMILES string of the molecule is F[B-](F)(F)CSCc1ccco1. The molecule has 0 amide bonds. The van der Waals surface area contributed by atoms with Gasteiger partial charge in [-0.1, -0.05) is 0 Å². The number of hydrogen-bond donors (Lipinski definition) is 0. The Kier molecular flexibility index (Phi) is 3.14.